The molecule has 0 aromatic carbocycles. The van der Waals surface area contributed by atoms with Crippen LogP contribution in [0, 0.1) is 11.3 Å². The molecular weight excluding hydrogens is 294 g/mol. The zero-order chi connectivity index (χ0) is 17.6. The number of nitrogens with zero attached hydrogens (tertiary/aromatic N) is 1. The lowest BCUT2D eigenvalue weighted by Crippen LogP contribution is -2.82. The van der Waals surface area contributed by atoms with E-state index < -0.39 is 11.0 Å². The first-order chi connectivity index (χ1) is 10.4. The molecule has 132 valence electrons. The van der Waals surface area contributed by atoms with Crippen LogP contribution in [-0.2, 0) is 14.3 Å². The highest BCUT2D eigenvalue weighted by molar-refractivity contribution is 5.92. The Morgan fingerprint density at radius 2 is 1.96 bits per heavy atom. The van der Waals surface area contributed by atoms with Crippen molar-refractivity contribution < 1.29 is 14.3 Å². The molecule has 0 bridgehead atoms. The first kappa shape index (κ1) is 18.2. The zero-order valence-electron chi connectivity index (χ0n) is 15.2. The van der Waals surface area contributed by atoms with Gasteiger partial charge in [0.15, 0.2) is 0 Å². The van der Waals surface area contributed by atoms with Gasteiger partial charge in [-0.25, -0.2) is 0 Å². The van der Waals surface area contributed by atoms with Crippen LogP contribution in [0.2, 0.25) is 0 Å². The van der Waals surface area contributed by atoms with E-state index in [-0.39, 0.29) is 35.9 Å². The summed E-state index contributed by atoms with van der Waals surface area (Å²) >= 11 is 0. The van der Waals surface area contributed by atoms with Crippen LogP contribution in [-0.4, -0.2) is 54.1 Å². The number of ether oxygens (including phenoxy) is 1. The van der Waals surface area contributed by atoms with Gasteiger partial charge in [-0.2, -0.15) is 0 Å². The van der Waals surface area contributed by atoms with E-state index in [2.05, 4.69) is 5.32 Å². The van der Waals surface area contributed by atoms with Gasteiger partial charge in [0.2, 0.25) is 11.8 Å². The minimum absolute atomic E-state index is 0.0172. The first-order valence-corrected chi connectivity index (χ1v) is 8.38. The lowest BCUT2D eigenvalue weighted by atomic mass is 9.46. The third-order valence-electron chi connectivity index (χ3n) is 5.28. The van der Waals surface area contributed by atoms with Crippen molar-refractivity contribution in [1.82, 2.24) is 10.2 Å². The van der Waals surface area contributed by atoms with Crippen LogP contribution in [0.25, 0.3) is 0 Å². The molecule has 0 spiro atoms. The lowest BCUT2D eigenvalue weighted by molar-refractivity contribution is -0.229. The first-order valence-electron chi connectivity index (χ1n) is 8.38. The molecule has 1 saturated carbocycles. The summed E-state index contributed by atoms with van der Waals surface area (Å²) in [6.07, 6.45) is 1.86. The monoisotopic (exact) mass is 325 g/mol. The molecule has 1 aliphatic carbocycles. The van der Waals surface area contributed by atoms with E-state index in [0.29, 0.717) is 0 Å². The Kier molecular flexibility index (Phi) is 4.54. The van der Waals surface area contributed by atoms with Gasteiger partial charge in [-0.05, 0) is 33.6 Å². The fourth-order valence-corrected chi connectivity index (χ4v) is 4.07. The van der Waals surface area contributed by atoms with Crippen LogP contribution in [0.15, 0.2) is 0 Å². The number of nitrogens with two attached hydrogens (primary N) is 1. The molecule has 3 N–H and O–H groups in total. The third kappa shape index (κ3) is 2.98. The van der Waals surface area contributed by atoms with Crippen LogP contribution in [0.5, 0.6) is 0 Å². The Labute approximate surface area is 139 Å². The molecular formula is C17H31N3O3. The number of carbonyl (C=O) groups is 2. The fourth-order valence-electron chi connectivity index (χ4n) is 4.07. The van der Waals surface area contributed by atoms with Crippen molar-refractivity contribution in [2.24, 2.45) is 17.1 Å². The van der Waals surface area contributed by atoms with E-state index in [0.717, 1.165) is 19.4 Å². The predicted molar refractivity (Wildman–Crippen MR) is 88.7 cm³/mol. The van der Waals surface area contributed by atoms with E-state index in [1.165, 1.54) is 4.90 Å². The summed E-state index contributed by atoms with van der Waals surface area (Å²) in [5, 5.41) is 2.87. The van der Waals surface area contributed by atoms with Gasteiger partial charge in [0.25, 0.3) is 0 Å². The van der Waals surface area contributed by atoms with Crippen molar-refractivity contribution in [2.75, 3.05) is 20.2 Å². The van der Waals surface area contributed by atoms with Gasteiger partial charge in [0, 0.05) is 30.5 Å². The Morgan fingerprint density at radius 1 is 1.35 bits per heavy atom. The third-order valence-corrected chi connectivity index (χ3v) is 5.28. The van der Waals surface area contributed by atoms with Gasteiger partial charge in [-0.1, -0.05) is 13.8 Å². The summed E-state index contributed by atoms with van der Waals surface area (Å²) < 4.78 is 5.83. The van der Waals surface area contributed by atoms with Crippen molar-refractivity contribution in [3.63, 3.8) is 0 Å². The molecule has 6 heteroatoms. The maximum atomic E-state index is 13.0. The molecule has 2 aliphatic rings. The second-order valence-corrected chi connectivity index (χ2v) is 8.59. The topological polar surface area (TPSA) is 84.7 Å². The molecule has 3 atom stereocenters. The average Bonchev–Trinajstić information content (AvgIpc) is 2.43. The van der Waals surface area contributed by atoms with Crippen LogP contribution in [0.1, 0.15) is 47.5 Å². The molecule has 1 heterocycles. The van der Waals surface area contributed by atoms with Gasteiger partial charge < -0.3 is 20.7 Å². The number of fused-ring (bicyclic) bond motifs is 1. The summed E-state index contributed by atoms with van der Waals surface area (Å²) in [5.74, 6) is -0.310. The van der Waals surface area contributed by atoms with E-state index in [1.807, 2.05) is 34.6 Å². The second-order valence-electron chi connectivity index (χ2n) is 8.59. The van der Waals surface area contributed by atoms with Gasteiger partial charge in [-0.15, -0.1) is 0 Å². The van der Waals surface area contributed by atoms with Crippen molar-refractivity contribution in [1.29, 1.82) is 0 Å². The predicted octanol–water partition coefficient (Wildman–Crippen LogP) is 0.892. The van der Waals surface area contributed by atoms with Gasteiger partial charge >= 0.3 is 0 Å². The zero-order valence-corrected chi connectivity index (χ0v) is 15.2. The highest BCUT2D eigenvalue weighted by atomic mass is 16.5. The number of amides is 2. The van der Waals surface area contributed by atoms with Gasteiger partial charge in [0.05, 0.1) is 12.6 Å². The van der Waals surface area contributed by atoms with Gasteiger partial charge in [-0.3, -0.25) is 9.59 Å². The molecule has 1 aliphatic heterocycles. The summed E-state index contributed by atoms with van der Waals surface area (Å²) in [6, 6.07) is 0. The molecule has 3 unspecified atom stereocenters. The molecule has 1 saturated heterocycles. The normalized spacial score (nSPS) is 32.5. The average molecular weight is 325 g/mol. The van der Waals surface area contributed by atoms with E-state index in [1.54, 1.807) is 7.05 Å². The maximum Gasteiger partial charge on any atom is 0.243 e. The molecule has 0 radical (unpaired) electrons. The number of hydrogen-bond acceptors (Lipinski definition) is 4. The molecule has 2 rings (SSSR count). The Hall–Kier alpha value is -1.14. The Balaban J connectivity index is 2.08. The molecule has 6 nitrogen and oxygen atoms in total. The van der Waals surface area contributed by atoms with E-state index >= 15 is 0 Å². The van der Waals surface area contributed by atoms with Crippen LogP contribution in [0.3, 0.4) is 0 Å². The van der Waals surface area contributed by atoms with Crippen molar-refractivity contribution >= 4 is 11.8 Å². The summed E-state index contributed by atoms with van der Waals surface area (Å²) in [6.45, 7) is 10.5. The standard InChI is InChI=1S/C17H31N3O3/c1-15(2,3)19-12(21)10-20(6)14(22)17(18)11-8-7-9-23-13(11)16(17,4)5/h11,13H,7-10,18H2,1-6H3,(H,19,21). The lowest BCUT2D eigenvalue weighted by Gasteiger charge is -2.65. The molecule has 0 aromatic rings. The number of nitrogens with one attached hydrogen (secondary N) is 1. The fraction of sp³-hybridized carbons (Fsp3) is 0.882. The number of rotatable bonds is 3. The SMILES string of the molecule is CN(CC(=O)NC(C)(C)C)C(=O)C1(N)C2CCCOC2C1(C)C. The smallest absolute Gasteiger partial charge is 0.243 e. The molecule has 2 fully saturated rings. The number of carbonyl (C=O) groups excluding carboxylic acids is 2. The van der Waals surface area contributed by atoms with Crippen molar-refractivity contribution in [3.8, 4) is 0 Å². The summed E-state index contributed by atoms with van der Waals surface area (Å²) in [5.41, 5.74) is 4.87. The summed E-state index contributed by atoms with van der Waals surface area (Å²) in [4.78, 5) is 26.5. The Bertz CT molecular complexity index is 498. The highest BCUT2D eigenvalue weighted by Crippen LogP contribution is 2.57. The number of hydrogen-bond donors (Lipinski definition) is 2. The van der Waals surface area contributed by atoms with Crippen LogP contribution in [0.4, 0.5) is 0 Å². The van der Waals surface area contributed by atoms with Crippen molar-refractivity contribution in [2.45, 2.75) is 64.6 Å². The largest absolute Gasteiger partial charge is 0.377 e. The second kappa shape index (κ2) is 5.74. The van der Waals surface area contributed by atoms with Crippen molar-refractivity contribution in [3.05, 3.63) is 0 Å². The van der Waals surface area contributed by atoms with Crippen LogP contribution < -0.4 is 11.1 Å². The van der Waals surface area contributed by atoms with E-state index in [4.69, 9.17) is 10.5 Å². The molecule has 2 amide bonds. The molecule has 23 heavy (non-hydrogen) atoms. The molecule has 0 aromatic heterocycles. The highest BCUT2D eigenvalue weighted by Gasteiger charge is 2.70. The Morgan fingerprint density at radius 3 is 2.52 bits per heavy atom. The summed E-state index contributed by atoms with van der Waals surface area (Å²) in [7, 11) is 1.65. The quantitative estimate of drug-likeness (QED) is 0.807. The van der Waals surface area contributed by atoms with Crippen LogP contribution >= 0.6 is 0 Å². The van der Waals surface area contributed by atoms with Gasteiger partial charge in [0.1, 0.15) is 5.54 Å². The minimum atomic E-state index is -0.963. The minimum Gasteiger partial charge on any atom is -0.377 e. The van der Waals surface area contributed by atoms with E-state index in [9.17, 15) is 9.59 Å². The maximum absolute atomic E-state index is 13.0. The number of likely N-dealkylation sites (N-methyl/N-ethyl adjacent to an activating group) is 1.